The molecule has 4 heteroatoms. The minimum atomic E-state index is -0.940. The van der Waals surface area contributed by atoms with Crippen LogP contribution in [0.4, 0.5) is 0 Å². The second kappa shape index (κ2) is 5.31. The van der Waals surface area contributed by atoms with Crippen LogP contribution in [0.25, 0.3) is 0 Å². The largest absolute Gasteiger partial charge is 0.496 e. The molecule has 0 aliphatic heterocycles. The molecule has 0 saturated heterocycles. The highest BCUT2D eigenvalue weighted by Crippen LogP contribution is 2.22. The van der Waals surface area contributed by atoms with Gasteiger partial charge in [0, 0.05) is 18.8 Å². The van der Waals surface area contributed by atoms with Crippen LogP contribution in [0.2, 0.25) is 0 Å². The molecule has 0 radical (unpaired) electrons. The quantitative estimate of drug-likeness (QED) is 0.895. The Bertz CT molecular complexity index is 552. The van der Waals surface area contributed by atoms with E-state index in [-0.39, 0.29) is 5.56 Å². The highest BCUT2D eigenvalue weighted by Gasteiger charge is 2.09. The molecule has 0 aliphatic rings. The third-order valence-corrected chi connectivity index (χ3v) is 2.64. The molecule has 1 N–H and O–H groups in total. The predicted octanol–water partition coefficient (Wildman–Crippen LogP) is 2.38. The number of nitrogens with zero attached hydrogens (tertiary/aromatic N) is 1. The van der Waals surface area contributed by atoms with Gasteiger partial charge in [-0.3, -0.25) is 4.98 Å². The molecule has 1 aromatic carbocycles. The summed E-state index contributed by atoms with van der Waals surface area (Å²) >= 11 is 0. The van der Waals surface area contributed by atoms with Crippen LogP contribution in [-0.2, 0) is 6.42 Å². The Morgan fingerprint density at radius 2 is 2.22 bits per heavy atom. The van der Waals surface area contributed by atoms with Crippen molar-refractivity contribution in [3.63, 3.8) is 0 Å². The van der Waals surface area contributed by atoms with Crippen LogP contribution in [0.5, 0.6) is 5.75 Å². The Morgan fingerprint density at radius 1 is 1.39 bits per heavy atom. The monoisotopic (exact) mass is 243 g/mol. The SMILES string of the molecule is COc1ccc(C(=O)O)cc1Cc1cccnc1. The van der Waals surface area contributed by atoms with Crippen molar-refractivity contribution in [1.29, 1.82) is 0 Å². The van der Waals surface area contributed by atoms with E-state index in [1.54, 1.807) is 31.6 Å². The van der Waals surface area contributed by atoms with Crippen LogP contribution >= 0.6 is 0 Å². The number of aromatic nitrogens is 1. The van der Waals surface area contributed by atoms with Crippen molar-refractivity contribution >= 4 is 5.97 Å². The van der Waals surface area contributed by atoms with Crippen LogP contribution < -0.4 is 4.74 Å². The summed E-state index contributed by atoms with van der Waals surface area (Å²) in [6, 6.07) is 8.64. The van der Waals surface area contributed by atoms with Crippen molar-refractivity contribution in [2.45, 2.75) is 6.42 Å². The zero-order valence-corrected chi connectivity index (χ0v) is 9.96. The predicted molar refractivity (Wildman–Crippen MR) is 67.0 cm³/mol. The van der Waals surface area contributed by atoms with Crippen LogP contribution in [0.3, 0.4) is 0 Å². The molecule has 4 nitrogen and oxygen atoms in total. The number of pyridine rings is 1. The number of benzene rings is 1. The molecular formula is C14H13NO3. The van der Waals surface area contributed by atoms with Crippen molar-refractivity contribution in [3.05, 3.63) is 59.4 Å². The number of carbonyl (C=O) groups is 1. The van der Waals surface area contributed by atoms with Crippen LogP contribution in [-0.4, -0.2) is 23.2 Å². The minimum absolute atomic E-state index is 0.259. The first-order valence-corrected chi connectivity index (χ1v) is 5.50. The van der Waals surface area contributed by atoms with E-state index in [2.05, 4.69) is 4.98 Å². The Labute approximate surface area is 105 Å². The van der Waals surface area contributed by atoms with Gasteiger partial charge < -0.3 is 9.84 Å². The summed E-state index contributed by atoms with van der Waals surface area (Å²) in [4.78, 5) is 15.0. The van der Waals surface area contributed by atoms with Gasteiger partial charge in [0.25, 0.3) is 0 Å². The summed E-state index contributed by atoms with van der Waals surface area (Å²) in [5, 5.41) is 8.99. The van der Waals surface area contributed by atoms with Gasteiger partial charge in [0.2, 0.25) is 0 Å². The second-order valence-electron chi connectivity index (χ2n) is 3.87. The standard InChI is InChI=1S/C14H13NO3/c1-18-13-5-4-11(14(16)17)8-12(13)7-10-3-2-6-15-9-10/h2-6,8-9H,7H2,1H3,(H,16,17). The average Bonchev–Trinajstić information content (AvgIpc) is 2.39. The molecule has 0 atom stereocenters. The lowest BCUT2D eigenvalue weighted by Crippen LogP contribution is -2.00. The molecule has 0 spiro atoms. The normalized spacial score (nSPS) is 10.1. The van der Waals surface area contributed by atoms with E-state index in [1.807, 2.05) is 12.1 Å². The smallest absolute Gasteiger partial charge is 0.335 e. The first kappa shape index (κ1) is 12.1. The molecule has 1 heterocycles. The molecular weight excluding hydrogens is 230 g/mol. The molecule has 0 fully saturated rings. The second-order valence-corrected chi connectivity index (χ2v) is 3.87. The van der Waals surface area contributed by atoms with Crippen molar-refractivity contribution < 1.29 is 14.6 Å². The molecule has 0 amide bonds. The Hall–Kier alpha value is -2.36. The summed E-state index contributed by atoms with van der Waals surface area (Å²) in [5.74, 6) is -0.256. The summed E-state index contributed by atoms with van der Waals surface area (Å²) in [6.07, 6.45) is 4.05. The average molecular weight is 243 g/mol. The van der Waals surface area contributed by atoms with Gasteiger partial charge in [-0.2, -0.15) is 0 Å². The molecule has 18 heavy (non-hydrogen) atoms. The third kappa shape index (κ3) is 2.66. The highest BCUT2D eigenvalue weighted by molar-refractivity contribution is 5.88. The van der Waals surface area contributed by atoms with Gasteiger partial charge in [-0.25, -0.2) is 4.79 Å². The maximum Gasteiger partial charge on any atom is 0.335 e. The van der Waals surface area contributed by atoms with Crippen LogP contribution in [0, 0.1) is 0 Å². The molecule has 2 rings (SSSR count). The van der Waals surface area contributed by atoms with E-state index < -0.39 is 5.97 Å². The number of carboxylic acids is 1. The van der Waals surface area contributed by atoms with Gasteiger partial charge >= 0.3 is 5.97 Å². The van der Waals surface area contributed by atoms with E-state index >= 15 is 0 Å². The summed E-state index contributed by atoms with van der Waals surface area (Å²) in [7, 11) is 1.57. The maximum absolute atomic E-state index is 11.0. The molecule has 0 unspecified atom stereocenters. The Balaban J connectivity index is 2.35. The molecule has 0 saturated carbocycles. The lowest BCUT2D eigenvalue weighted by atomic mass is 10.0. The van der Waals surface area contributed by atoms with Gasteiger partial charge in [0.15, 0.2) is 0 Å². The number of hydrogen-bond donors (Lipinski definition) is 1. The van der Waals surface area contributed by atoms with E-state index in [4.69, 9.17) is 9.84 Å². The van der Waals surface area contributed by atoms with Gasteiger partial charge in [-0.1, -0.05) is 6.07 Å². The number of methoxy groups -OCH3 is 1. The van der Waals surface area contributed by atoms with Gasteiger partial charge in [0.05, 0.1) is 12.7 Å². The summed E-state index contributed by atoms with van der Waals surface area (Å²) in [6.45, 7) is 0. The van der Waals surface area contributed by atoms with E-state index in [1.165, 1.54) is 6.07 Å². The van der Waals surface area contributed by atoms with Crippen molar-refractivity contribution in [2.75, 3.05) is 7.11 Å². The minimum Gasteiger partial charge on any atom is -0.496 e. The maximum atomic E-state index is 11.0. The van der Waals surface area contributed by atoms with E-state index in [0.29, 0.717) is 12.2 Å². The zero-order chi connectivity index (χ0) is 13.0. The lowest BCUT2D eigenvalue weighted by molar-refractivity contribution is 0.0696. The van der Waals surface area contributed by atoms with Crippen molar-refractivity contribution in [2.24, 2.45) is 0 Å². The Kier molecular flexibility index (Phi) is 3.57. The Morgan fingerprint density at radius 3 is 2.83 bits per heavy atom. The number of carboxylic acid groups (broad SMARTS) is 1. The third-order valence-electron chi connectivity index (χ3n) is 2.64. The first-order valence-electron chi connectivity index (χ1n) is 5.50. The van der Waals surface area contributed by atoms with Gasteiger partial charge in [-0.15, -0.1) is 0 Å². The number of hydrogen-bond acceptors (Lipinski definition) is 3. The number of aromatic carboxylic acids is 1. The fourth-order valence-corrected chi connectivity index (χ4v) is 1.77. The van der Waals surface area contributed by atoms with Crippen molar-refractivity contribution in [3.8, 4) is 5.75 Å². The van der Waals surface area contributed by atoms with Crippen molar-refractivity contribution in [1.82, 2.24) is 4.98 Å². The number of ether oxygens (including phenoxy) is 1. The highest BCUT2D eigenvalue weighted by atomic mass is 16.5. The summed E-state index contributed by atoms with van der Waals surface area (Å²) in [5.41, 5.74) is 2.11. The summed E-state index contributed by atoms with van der Waals surface area (Å²) < 4.78 is 5.24. The number of rotatable bonds is 4. The topological polar surface area (TPSA) is 59.4 Å². The molecule has 2 aromatic rings. The fourth-order valence-electron chi connectivity index (χ4n) is 1.77. The molecule has 0 aliphatic carbocycles. The molecule has 0 bridgehead atoms. The first-order chi connectivity index (χ1) is 8.70. The van der Waals surface area contributed by atoms with Crippen LogP contribution in [0.1, 0.15) is 21.5 Å². The molecule has 92 valence electrons. The van der Waals surface area contributed by atoms with E-state index in [0.717, 1.165) is 11.1 Å². The molecule has 1 aromatic heterocycles. The van der Waals surface area contributed by atoms with Gasteiger partial charge in [0.1, 0.15) is 5.75 Å². The fraction of sp³-hybridized carbons (Fsp3) is 0.143. The van der Waals surface area contributed by atoms with E-state index in [9.17, 15) is 4.79 Å². The lowest BCUT2D eigenvalue weighted by Gasteiger charge is -2.09. The van der Waals surface area contributed by atoms with Crippen LogP contribution in [0.15, 0.2) is 42.7 Å². The zero-order valence-electron chi connectivity index (χ0n) is 9.96. The van der Waals surface area contributed by atoms with Gasteiger partial charge in [-0.05, 0) is 35.4 Å².